The first-order valence-electron chi connectivity index (χ1n) is 15.7. The molecule has 0 saturated carbocycles. The molecule has 5 rings (SSSR count). The molecule has 0 aromatic heterocycles. The van der Waals surface area contributed by atoms with E-state index in [0.717, 1.165) is 6.07 Å². The fraction of sp³-hybridized carbons (Fsp3) is 0.306. The van der Waals surface area contributed by atoms with Gasteiger partial charge in [-0.15, -0.1) is 13.2 Å². The molecule has 0 spiro atoms. The second kappa shape index (κ2) is 15.4. The van der Waals surface area contributed by atoms with Crippen molar-refractivity contribution in [3.8, 4) is 5.75 Å². The molecule has 0 unspecified atom stereocenters. The zero-order valence-corrected chi connectivity index (χ0v) is 28.1. The van der Waals surface area contributed by atoms with Crippen LogP contribution in [-0.4, -0.2) is 56.1 Å². The Labute approximate surface area is 288 Å². The predicted octanol–water partition coefficient (Wildman–Crippen LogP) is 6.63. The Morgan fingerprint density at radius 3 is 2.39 bits per heavy atom. The van der Waals surface area contributed by atoms with Gasteiger partial charge in [-0.3, -0.25) is 4.79 Å². The van der Waals surface area contributed by atoms with Crippen LogP contribution >= 0.6 is 11.6 Å². The summed E-state index contributed by atoms with van der Waals surface area (Å²) in [5.41, 5.74) is 8.08. The summed E-state index contributed by atoms with van der Waals surface area (Å²) < 4.78 is 87.2. The van der Waals surface area contributed by atoms with Crippen molar-refractivity contribution in [1.82, 2.24) is 9.62 Å². The number of piperazine rings is 1. The van der Waals surface area contributed by atoms with Crippen LogP contribution in [-0.2, 0) is 27.7 Å². The molecule has 260 valence electrons. The van der Waals surface area contributed by atoms with Gasteiger partial charge in [-0.25, -0.2) is 12.8 Å². The summed E-state index contributed by atoms with van der Waals surface area (Å²) >= 11 is 6.08. The van der Waals surface area contributed by atoms with Crippen molar-refractivity contribution in [2.75, 3.05) is 13.1 Å². The monoisotopic (exact) mass is 717 g/mol. The van der Waals surface area contributed by atoms with Gasteiger partial charge in [0, 0.05) is 42.5 Å². The lowest BCUT2D eigenvalue weighted by molar-refractivity contribution is -0.274. The molecular formula is C36H36ClF4N3O4S. The van der Waals surface area contributed by atoms with Gasteiger partial charge >= 0.3 is 6.36 Å². The first kappa shape index (κ1) is 36.5. The van der Waals surface area contributed by atoms with Crippen LogP contribution in [0.5, 0.6) is 5.75 Å². The molecule has 0 amide bonds. The molecule has 0 aliphatic carbocycles. The number of Topliss-reactive ketones (excluding diaryl/α,β-unsaturated/α-hetero) is 1. The van der Waals surface area contributed by atoms with E-state index in [9.17, 15) is 26.4 Å². The number of hydrogen-bond donors (Lipinski definition) is 2. The van der Waals surface area contributed by atoms with Gasteiger partial charge in [0.25, 0.3) is 0 Å². The van der Waals surface area contributed by atoms with Crippen molar-refractivity contribution in [2.45, 2.75) is 61.5 Å². The number of nitrogens with zero attached hydrogens (tertiary/aromatic N) is 1. The second-order valence-corrected chi connectivity index (χ2v) is 14.4. The van der Waals surface area contributed by atoms with Crippen molar-refractivity contribution in [1.29, 1.82) is 0 Å². The quantitative estimate of drug-likeness (QED) is 0.160. The molecule has 3 N–H and O–H groups in total. The molecule has 4 atom stereocenters. The summed E-state index contributed by atoms with van der Waals surface area (Å²) in [5, 5.41) is 3.73. The van der Waals surface area contributed by atoms with E-state index in [2.05, 4.69) is 10.1 Å². The molecule has 4 aromatic carbocycles. The third-order valence-electron chi connectivity index (χ3n) is 8.63. The Morgan fingerprint density at radius 1 is 1.00 bits per heavy atom. The summed E-state index contributed by atoms with van der Waals surface area (Å²) in [6.45, 7) is 2.49. The minimum atomic E-state index is -4.92. The number of sulfonamides is 1. The number of hydrogen-bond acceptors (Lipinski definition) is 6. The number of nitrogens with two attached hydrogens (primary N) is 1. The minimum Gasteiger partial charge on any atom is -0.406 e. The molecule has 1 saturated heterocycles. The lowest BCUT2D eigenvalue weighted by Gasteiger charge is -2.38. The van der Waals surface area contributed by atoms with Crippen molar-refractivity contribution in [3.05, 3.63) is 130 Å². The van der Waals surface area contributed by atoms with E-state index in [4.69, 9.17) is 17.3 Å². The van der Waals surface area contributed by atoms with Crippen LogP contribution in [0.2, 0.25) is 5.02 Å². The van der Waals surface area contributed by atoms with Crippen LogP contribution in [0.1, 0.15) is 41.5 Å². The molecule has 1 fully saturated rings. The summed E-state index contributed by atoms with van der Waals surface area (Å²) in [6, 6.07) is 22.4. The van der Waals surface area contributed by atoms with Crippen LogP contribution in [0.15, 0.2) is 102 Å². The Balaban J connectivity index is 1.39. The summed E-state index contributed by atoms with van der Waals surface area (Å²) in [7, 11) is -3.83. The third-order valence-corrected chi connectivity index (χ3v) is 10.8. The van der Waals surface area contributed by atoms with E-state index < -0.39 is 51.7 Å². The molecule has 7 nitrogen and oxygen atoms in total. The van der Waals surface area contributed by atoms with E-state index in [1.165, 1.54) is 28.6 Å². The number of halogens is 5. The Hall–Kier alpha value is -3.81. The number of nitrogens with one attached hydrogen (secondary N) is 1. The highest BCUT2D eigenvalue weighted by Crippen LogP contribution is 2.33. The van der Waals surface area contributed by atoms with Crippen molar-refractivity contribution in [2.24, 2.45) is 5.73 Å². The van der Waals surface area contributed by atoms with E-state index in [-0.39, 0.29) is 42.3 Å². The largest absolute Gasteiger partial charge is 0.573 e. The van der Waals surface area contributed by atoms with E-state index in [1.54, 1.807) is 66.7 Å². The van der Waals surface area contributed by atoms with Crippen molar-refractivity contribution in [3.63, 3.8) is 0 Å². The maximum Gasteiger partial charge on any atom is 0.573 e. The number of benzene rings is 4. The van der Waals surface area contributed by atoms with Gasteiger partial charge in [-0.2, -0.15) is 4.31 Å². The van der Waals surface area contributed by atoms with Crippen LogP contribution in [0.25, 0.3) is 0 Å². The molecule has 0 radical (unpaired) electrons. The Kier molecular flexibility index (Phi) is 11.5. The number of carbonyl (C=O) groups is 1. The van der Waals surface area contributed by atoms with E-state index in [0.29, 0.717) is 28.3 Å². The highest BCUT2D eigenvalue weighted by Gasteiger charge is 2.36. The number of rotatable bonds is 12. The topological polar surface area (TPSA) is 102 Å². The fourth-order valence-electron chi connectivity index (χ4n) is 6.22. The highest BCUT2D eigenvalue weighted by molar-refractivity contribution is 7.89. The van der Waals surface area contributed by atoms with Gasteiger partial charge < -0.3 is 15.8 Å². The van der Waals surface area contributed by atoms with Gasteiger partial charge in [-0.1, -0.05) is 66.2 Å². The summed E-state index contributed by atoms with van der Waals surface area (Å²) in [4.78, 5) is 14.0. The van der Waals surface area contributed by atoms with E-state index in [1.807, 2.05) is 6.92 Å². The fourth-order valence-corrected chi connectivity index (χ4v) is 8.11. The first-order chi connectivity index (χ1) is 23.2. The van der Waals surface area contributed by atoms with E-state index >= 15 is 4.39 Å². The van der Waals surface area contributed by atoms with Crippen LogP contribution < -0.4 is 15.8 Å². The molecule has 1 aliphatic rings. The minimum absolute atomic E-state index is 0.0906. The van der Waals surface area contributed by atoms with Gasteiger partial charge in [-0.05, 0) is 84.5 Å². The van der Waals surface area contributed by atoms with Crippen LogP contribution in [0.3, 0.4) is 0 Å². The maximum atomic E-state index is 15.4. The number of ketones is 1. The molecule has 0 bridgehead atoms. The maximum absolute atomic E-state index is 15.4. The molecule has 4 aromatic rings. The zero-order chi connectivity index (χ0) is 35.3. The van der Waals surface area contributed by atoms with Crippen molar-refractivity contribution < 1.29 is 35.5 Å². The van der Waals surface area contributed by atoms with Gasteiger partial charge in [0.2, 0.25) is 10.0 Å². The SMILES string of the molecule is C[C@@H]1CN(S(=O)(=O)c2ccccc2)[C@@H](CCc2c(F)cccc2CC(=O)[C@@H](N)[C@@H](c2ccc(Cl)cc2)c2cccc(OC(F)(F)F)c2)CN1. The van der Waals surface area contributed by atoms with Gasteiger partial charge in [0.05, 0.1) is 10.9 Å². The average molecular weight is 718 g/mol. The number of carbonyl (C=O) groups excluding carboxylic acids is 1. The normalized spacial score (nSPS) is 18.5. The Bertz CT molecular complexity index is 1860. The van der Waals surface area contributed by atoms with Crippen molar-refractivity contribution >= 4 is 27.4 Å². The van der Waals surface area contributed by atoms with Gasteiger partial charge in [0.15, 0.2) is 5.78 Å². The molecule has 1 aliphatic heterocycles. The zero-order valence-electron chi connectivity index (χ0n) is 26.5. The molecule has 13 heteroatoms. The third kappa shape index (κ3) is 9.06. The number of ether oxygens (including phenoxy) is 1. The average Bonchev–Trinajstić information content (AvgIpc) is 3.05. The Morgan fingerprint density at radius 2 is 1.69 bits per heavy atom. The lowest BCUT2D eigenvalue weighted by atomic mass is 9.82. The smallest absolute Gasteiger partial charge is 0.406 e. The van der Waals surface area contributed by atoms with Crippen LogP contribution in [0.4, 0.5) is 17.6 Å². The summed E-state index contributed by atoms with van der Waals surface area (Å²) in [6.07, 6.45) is -4.76. The van der Waals surface area contributed by atoms with Crippen LogP contribution in [0, 0.1) is 5.82 Å². The summed E-state index contributed by atoms with van der Waals surface area (Å²) in [5.74, 6) is -2.37. The standard InChI is InChI=1S/C36H36ClF4N3O4S/c1-23-22-44(49(46,47)30-10-3-2-4-11-30)28(21-43-23)17-18-31-25(7-6-12-32(31)38)20-33(45)35(42)34(24-13-15-27(37)16-14-24)26-8-5-9-29(19-26)48-36(39,40)41/h2-16,19,23,28,34-35,43H,17-18,20-22,42H2,1H3/t23-,28+,34+,35-/m1/s1. The molecule has 49 heavy (non-hydrogen) atoms. The second-order valence-electron chi connectivity index (χ2n) is 12.1. The molecular weight excluding hydrogens is 682 g/mol. The lowest BCUT2D eigenvalue weighted by Crippen LogP contribution is -2.57. The number of alkyl halides is 3. The highest BCUT2D eigenvalue weighted by atomic mass is 35.5. The first-order valence-corrected chi connectivity index (χ1v) is 17.5. The predicted molar refractivity (Wildman–Crippen MR) is 179 cm³/mol. The molecule has 1 heterocycles. The van der Waals surface area contributed by atoms with Gasteiger partial charge in [0.1, 0.15) is 11.6 Å².